The van der Waals surface area contributed by atoms with Crippen molar-refractivity contribution in [1.29, 1.82) is 0 Å². The zero-order chi connectivity index (χ0) is 24.1. The lowest BCUT2D eigenvalue weighted by Gasteiger charge is -2.42. The van der Waals surface area contributed by atoms with Crippen LogP contribution in [0.1, 0.15) is 52.0 Å². The fourth-order valence-electron chi connectivity index (χ4n) is 5.04. The second-order valence-electron chi connectivity index (χ2n) is 9.96. The van der Waals surface area contributed by atoms with E-state index in [2.05, 4.69) is 37.8 Å². The maximum absolute atomic E-state index is 13.5. The summed E-state index contributed by atoms with van der Waals surface area (Å²) in [6.45, 7) is 9.84. The van der Waals surface area contributed by atoms with E-state index in [0.717, 1.165) is 44.0 Å². The highest BCUT2D eigenvalue weighted by atomic mass is 35.5. The molecule has 0 atom stereocenters. The molecule has 0 aromatic heterocycles. The van der Waals surface area contributed by atoms with E-state index in [0.29, 0.717) is 25.9 Å². The van der Waals surface area contributed by atoms with Gasteiger partial charge in [-0.3, -0.25) is 14.6 Å². The van der Waals surface area contributed by atoms with Gasteiger partial charge in [-0.05, 0) is 55.0 Å². The fourth-order valence-corrected chi connectivity index (χ4v) is 5.04. The Labute approximate surface area is 215 Å². The van der Waals surface area contributed by atoms with Crippen molar-refractivity contribution in [3.05, 3.63) is 60.2 Å². The van der Waals surface area contributed by atoms with Crippen LogP contribution < -0.4 is 4.74 Å². The molecular weight excluding hydrogens is 462 g/mol. The molecule has 2 aliphatic heterocycles. The second kappa shape index (κ2) is 11.9. The Morgan fingerprint density at radius 1 is 0.943 bits per heavy atom. The first kappa shape index (κ1) is 27.0. The van der Waals surface area contributed by atoms with E-state index in [1.807, 2.05) is 47.4 Å². The van der Waals surface area contributed by atoms with E-state index < -0.39 is 5.54 Å². The zero-order valence-corrected chi connectivity index (χ0v) is 21.9. The van der Waals surface area contributed by atoms with E-state index in [-0.39, 0.29) is 30.3 Å². The highest BCUT2D eigenvalue weighted by Crippen LogP contribution is 2.38. The Hall–Kier alpha value is -2.57. The quantitative estimate of drug-likeness (QED) is 0.400. The Bertz CT molecular complexity index is 973. The number of imide groups is 1. The molecule has 6 nitrogen and oxygen atoms in total. The number of urea groups is 1. The van der Waals surface area contributed by atoms with Crippen molar-refractivity contribution in [2.75, 3.05) is 26.2 Å². The summed E-state index contributed by atoms with van der Waals surface area (Å²) < 4.78 is 5.90. The normalized spacial score (nSPS) is 17.8. The van der Waals surface area contributed by atoms with Crippen LogP contribution in [-0.2, 0) is 11.3 Å². The minimum absolute atomic E-state index is 0. The van der Waals surface area contributed by atoms with Crippen LogP contribution in [0.4, 0.5) is 4.79 Å². The number of carbonyl (C=O) groups is 2. The summed E-state index contributed by atoms with van der Waals surface area (Å²) in [4.78, 5) is 32.5. The maximum Gasteiger partial charge on any atom is 0.327 e. The van der Waals surface area contributed by atoms with Gasteiger partial charge in [0, 0.05) is 32.7 Å². The zero-order valence-electron chi connectivity index (χ0n) is 21.1. The highest BCUT2D eigenvalue weighted by molar-refractivity contribution is 6.07. The molecule has 0 aliphatic carbocycles. The number of nitrogens with zero attached hydrogens (tertiary/aromatic N) is 3. The van der Waals surface area contributed by atoms with Gasteiger partial charge in [-0.2, -0.15) is 0 Å². The van der Waals surface area contributed by atoms with Crippen molar-refractivity contribution >= 4 is 24.3 Å². The Morgan fingerprint density at radius 2 is 1.57 bits per heavy atom. The van der Waals surface area contributed by atoms with Gasteiger partial charge >= 0.3 is 6.03 Å². The lowest BCUT2D eigenvalue weighted by Crippen LogP contribution is -2.56. The number of unbranched alkanes of at least 4 members (excludes halogenated alkanes) is 1. The minimum Gasteiger partial charge on any atom is -0.457 e. The molecule has 2 saturated heterocycles. The third kappa shape index (κ3) is 5.99. The number of piperidine rings is 1. The van der Waals surface area contributed by atoms with E-state index >= 15 is 0 Å². The number of para-hydroxylation sites is 1. The van der Waals surface area contributed by atoms with Crippen LogP contribution in [0.5, 0.6) is 11.5 Å². The van der Waals surface area contributed by atoms with Crippen LogP contribution in [0.3, 0.4) is 0 Å². The number of hydrogen-bond acceptors (Lipinski definition) is 4. The number of rotatable bonds is 9. The summed E-state index contributed by atoms with van der Waals surface area (Å²) >= 11 is 0. The first-order chi connectivity index (χ1) is 16.4. The van der Waals surface area contributed by atoms with Crippen LogP contribution >= 0.6 is 12.4 Å². The third-order valence-electron chi connectivity index (χ3n) is 6.90. The Kier molecular flexibility index (Phi) is 9.20. The van der Waals surface area contributed by atoms with Gasteiger partial charge in [0.1, 0.15) is 17.0 Å². The van der Waals surface area contributed by atoms with Gasteiger partial charge in [0.15, 0.2) is 0 Å². The number of likely N-dealkylation sites (tertiary alicyclic amines) is 1. The number of carbonyl (C=O) groups excluding carboxylic acids is 2. The SMILES string of the molecule is CCCCN1C(=O)N(CC(C)C)C(=O)C12CCN(Cc1ccc(Oc3ccccc3)cc1)CC2.Cl. The summed E-state index contributed by atoms with van der Waals surface area (Å²) in [5.41, 5.74) is 0.555. The molecule has 2 aliphatic rings. The van der Waals surface area contributed by atoms with Crippen molar-refractivity contribution in [3.63, 3.8) is 0 Å². The molecule has 1 spiro atoms. The number of ether oxygens (including phenoxy) is 1. The topological polar surface area (TPSA) is 53.1 Å². The molecule has 4 rings (SSSR count). The summed E-state index contributed by atoms with van der Waals surface area (Å²) in [7, 11) is 0. The van der Waals surface area contributed by atoms with E-state index in [1.165, 1.54) is 10.5 Å². The van der Waals surface area contributed by atoms with Gasteiger partial charge in [0.2, 0.25) is 0 Å². The summed E-state index contributed by atoms with van der Waals surface area (Å²) in [6.07, 6.45) is 3.34. The van der Waals surface area contributed by atoms with Crippen molar-refractivity contribution < 1.29 is 14.3 Å². The molecule has 0 bridgehead atoms. The Morgan fingerprint density at radius 3 is 2.17 bits per heavy atom. The largest absolute Gasteiger partial charge is 0.457 e. The van der Waals surface area contributed by atoms with Gasteiger partial charge in [-0.15, -0.1) is 12.4 Å². The molecule has 0 radical (unpaired) electrons. The molecule has 2 fully saturated rings. The fraction of sp³-hybridized carbons (Fsp3) is 0.500. The van der Waals surface area contributed by atoms with Gasteiger partial charge in [0.25, 0.3) is 5.91 Å². The maximum atomic E-state index is 13.5. The number of amides is 3. The van der Waals surface area contributed by atoms with Gasteiger partial charge in [0.05, 0.1) is 0 Å². The molecular formula is C28H38ClN3O3. The van der Waals surface area contributed by atoms with E-state index in [9.17, 15) is 9.59 Å². The van der Waals surface area contributed by atoms with Crippen molar-refractivity contribution in [2.24, 2.45) is 5.92 Å². The number of halogens is 1. The minimum atomic E-state index is -0.662. The van der Waals surface area contributed by atoms with Gasteiger partial charge < -0.3 is 9.64 Å². The van der Waals surface area contributed by atoms with Crippen LogP contribution in [0.15, 0.2) is 54.6 Å². The molecule has 0 unspecified atom stereocenters. The smallest absolute Gasteiger partial charge is 0.327 e. The highest BCUT2D eigenvalue weighted by Gasteiger charge is 2.57. The molecule has 3 amide bonds. The Balaban J connectivity index is 0.00000342. The standard InChI is InChI=1S/C28H37N3O3.ClH/c1-4-5-17-31-27(33)30(20-22(2)3)26(32)28(31)15-18-29(19-16-28)21-23-11-13-25(14-12-23)34-24-9-7-6-8-10-24;/h6-14,22H,4-5,15-21H2,1-3H3;1H. The van der Waals surface area contributed by atoms with Crippen molar-refractivity contribution in [2.45, 2.75) is 58.5 Å². The monoisotopic (exact) mass is 499 g/mol. The number of benzene rings is 2. The summed E-state index contributed by atoms with van der Waals surface area (Å²) in [5.74, 6) is 1.93. The van der Waals surface area contributed by atoms with Gasteiger partial charge in [-0.25, -0.2) is 4.79 Å². The first-order valence-corrected chi connectivity index (χ1v) is 12.6. The van der Waals surface area contributed by atoms with Crippen LogP contribution in [-0.4, -0.2) is 58.4 Å². The molecule has 7 heteroatoms. The lowest BCUT2D eigenvalue weighted by molar-refractivity contribution is -0.136. The van der Waals surface area contributed by atoms with Crippen LogP contribution in [0.25, 0.3) is 0 Å². The van der Waals surface area contributed by atoms with E-state index in [1.54, 1.807) is 0 Å². The first-order valence-electron chi connectivity index (χ1n) is 12.6. The molecule has 0 N–H and O–H groups in total. The predicted octanol–water partition coefficient (Wildman–Crippen LogP) is 5.96. The second-order valence-corrected chi connectivity index (χ2v) is 9.96. The van der Waals surface area contributed by atoms with Gasteiger partial charge in [-0.1, -0.05) is 57.5 Å². The van der Waals surface area contributed by atoms with Crippen molar-refractivity contribution in [3.8, 4) is 11.5 Å². The average molecular weight is 500 g/mol. The third-order valence-corrected chi connectivity index (χ3v) is 6.90. The molecule has 35 heavy (non-hydrogen) atoms. The lowest BCUT2D eigenvalue weighted by atomic mass is 9.85. The summed E-state index contributed by atoms with van der Waals surface area (Å²) in [6, 6.07) is 17.9. The molecule has 0 saturated carbocycles. The molecule has 2 heterocycles. The molecule has 2 aromatic rings. The average Bonchev–Trinajstić information content (AvgIpc) is 3.02. The van der Waals surface area contributed by atoms with Crippen LogP contribution in [0.2, 0.25) is 0 Å². The van der Waals surface area contributed by atoms with E-state index in [4.69, 9.17) is 4.74 Å². The van der Waals surface area contributed by atoms with Crippen LogP contribution in [0, 0.1) is 5.92 Å². The van der Waals surface area contributed by atoms with Crippen molar-refractivity contribution in [1.82, 2.24) is 14.7 Å². The molecule has 2 aromatic carbocycles. The molecule has 190 valence electrons. The summed E-state index contributed by atoms with van der Waals surface area (Å²) in [5, 5.41) is 0. The predicted molar refractivity (Wildman–Crippen MR) is 141 cm³/mol. The number of hydrogen-bond donors (Lipinski definition) is 0.